The number of benzene rings is 1. The third-order valence-electron chi connectivity index (χ3n) is 2.80. The molecule has 1 aromatic carbocycles. The summed E-state index contributed by atoms with van der Waals surface area (Å²) in [4.78, 5) is 0. The monoisotopic (exact) mass is 208 g/mol. The zero-order valence-corrected chi connectivity index (χ0v) is 10.3. The lowest BCUT2D eigenvalue weighted by atomic mass is 9.99. The van der Waals surface area contributed by atoms with Crippen LogP contribution in [0.1, 0.15) is 29.2 Å². The van der Waals surface area contributed by atoms with E-state index in [4.69, 9.17) is 9.47 Å². The van der Waals surface area contributed by atoms with Crippen LogP contribution < -0.4 is 4.74 Å². The van der Waals surface area contributed by atoms with Crippen molar-refractivity contribution in [3.05, 3.63) is 28.3 Å². The van der Waals surface area contributed by atoms with E-state index in [9.17, 15) is 0 Å². The smallest absolute Gasteiger partial charge is 0.124 e. The van der Waals surface area contributed by atoms with Crippen molar-refractivity contribution in [2.24, 2.45) is 0 Å². The van der Waals surface area contributed by atoms with Crippen LogP contribution in [0.4, 0.5) is 0 Å². The van der Waals surface area contributed by atoms with E-state index in [0.29, 0.717) is 6.61 Å². The molecule has 0 aliphatic rings. The summed E-state index contributed by atoms with van der Waals surface area (Å²) in [6.07, 6.45) is 0. The van der Waals surface area contributed by atoms with Gasteiger partial charge in [0.2, 0.25) is 0 Å². The molecule has 0 fully saturated rings. The Labute approximate surface area is 92.2 Å². The minimum Gasteiger partial charge on any atom is -0.496 e. The van der Waals surface area contributed by atoms with Gasteiger partial charge in [-0.1, -0.05) is 0 Å². The van der Waals surface area contributed by atoms with Gasteiger partial charge in [-0.15, -0.1) is 0 Å². The van der Waals surface area contributed by atoms with Gasteiger partial charge in [-0.3, -0.25) is 0 Å². The summed E-state index contributed by atoms with van der Waals surface area (Å²) >= 11 is 0. The molecule has 0 bridgehead atoms. The molecule has 0 saturated carbocycles. The Bertz CT molecular complexity index is 343. The Kier molecular flexibility index (Phi) is 4.15. The SMILES string of the molecule is CCOCc1cc(C)c(OC)c(C)c1C. The molecule has 1 rings (SSSR count). The maximum Gasteiger partial charge on any atom is 0.124 e. The molecule has 84 valence electrons. The number of hydrogen-bond donors (Lipinski definition) is 0. The average molecular weight is 208 g/mol. The lowest BCUT2D eigenvalue weighted by Crippen LogP contribution is -2.01. The zero-order chi connectivity index (χ0) is 11.4. The number of aryl methyl sites for hydroxylation is 1. The zero-order valence-electron chi connectivity index (χ0n) is 10.3. The van der Waals surface area contributed by atoms with E-state index in [1.165, 1.54) is 22.3 Å². The molecular formula is C13H20O2. The first-order valence-corrected chi connectivity index (χ1v) is 5.33. The van der Waals surface area contributed by atoms with Crippen molar-refractivity contribution in [2.75, 3.05) is 13.7 Å². The Morgan fingerprint density at radius 1 is 1.13 bits per heavy atom. The summed E-state index contributed by atoms with van der Waals surface area (Å²) in [7, 11) is 1.72. The minimum absolute atomic E-state index is 0.688. The third kappa shape index (κ3) is 2.51. The van der Waals surface area contributed by atoms with Gasteiger partial charge in [-0.05, 0) is 56.0 Å². The van der Waals surface area contributed by atoms with Crippen LogP contribution in [0.2, 0.25) is 0 Å². The summed E-state index contributed by atoms with van der Waals surface area (Å²) in [5.74, 6) is 0.993. The van der Waals surface area contributed by atoms with Gasteiger partial charge in [-0.2, -0.15) is 0 Å². The van der Waals surface area contributed by atoms with Gasteiger partial charge >= 0.3 is 0 Å². The number of rotatable bonds is 4. The Morgan fingerprint density at radius 3 is 2.33 bits per heavy atom. The lowest BCUT2D eigenvalue weighted by Gasteiger charge is -2.15. The van der Waals surface area contributed by atoms with E-state index in [0.717, 1.165) is 12.4 Å². The van der Waals surface area contributed by atoms with E-state index in [1.807, 2.05) is 6.92 Å². The second-order valence-corrected chi connectivity index (χ2v) is 3.77. The number of hydrogen-bond acceptors (Lipinski definition) is 2. The number of methoxy groups -OCH3 is 1. The van der Waals surface area contributed by atoms with Crippen molar-refractivity contribution in [3.63, 3.8) is 0 Å². The molecule has 0 N–H and O–H groups in total. The van der Waals surface area contributed by atoms with Crippen LogP contribution in [0.5, 0.6) is 5.75 Å². The van der Waals surface area contributed by atoms with Gasteiger partial charge in [0.1, 0.15) is 5.75 Å². The Hall–Kier alpha value is -1.02. The highest BCUT2D eigenvalue weighted by Crippen LogP contribution is 2.28. The predicted octanol–water partition coefficient (Wildman–Crippen LogP) is 3.16. The molecule has 2 heteroatoms. The van der Waals surface area contributed by atoms with E-state index < -0.39 is 0 Å². The molecule has 15 heavy (non-hydrogen) atoms. The summed E-state index contributed by atoms with van der Waals surface area (Å²) in [6.45, 7) is 9.74. The largest absolute Gasteiger partial charge is 0.496 e. The predicted molar refractivity (Wildman–Crippen MR) is 62.5 cm³/mol. The fourth-order valence-corrected chi connectivity index (χ4v) is 1.82. The quantitative estimate of drug-likeness (QED) is 0.756. The molecule has 0 atom stereocenters. The van der Waals surface area contributed by atoms with Gasteiger partial charge in [0, 0.05) is 6.61 Å². The third-order valence-corrected chi connectivity index (χ3v) is 2.80. The first-order chi connectivity index (χ1) is 7.11. The van der Waals surface area contributed by atoms with Crippen LogP contribution in [-0.2, 0) is 11.3 Å². The van der Waals surface area contributed by atoms with Crippen molar-refractivity contribution < 1.29 is 9.47 Å². The van der Waals surface area contributed by atoms with Gasteiger partial charge in [0.15, 0.2) is 0 Å². The number of ether oxygens (including phenoxy) is 2. The molecule has 0 aromatic heterocycles. The van der Waals surface area contributed by atoms with Crippen LogP contribution in [0.25, 0.3) is 0 Å². The molecule has 0 amide bonds. The summed E-state index contributed by atoms with van der Waals surface area (Å²) < 4.78 is 10.8. The molecular weight excluding hydrogens is 188 g/mol. The van der Waals surface area contributed by atoms with Crippen LogP contribution in [0.15, 0.2) is 6.07 Å². The van der Waals surface area contributed by atoms with Crippen LogP contribution in [0, 0.1) is 20.8 Å². The first-order valence-electron chi connectivity index (χ1n) is 5.33. The highest BCUT2D eigenvalue weighted by atomic mass is 16.5. The highest BCUT2D eigenvalue weighted by Gasteiger charge is 2.10. The molecule has 0 radical (unpaired) electrons. The first kappa shape index (κ1) is 12.1. The minimum atomic E-state index is 0.688. The molecule has 0 spiro atoms. The fourth-order valence-electron chi connectivity index (χ4n) is 1.82. The van der Waals surface area contributed by atoms with Gasteiger partial charge in [0.05, 0.1) is 13.7 Å². The maximum absolute atomic E-state index is 5.44. The molecule has 0 aliphatic carbocycles. The maximum atomic E-state index is 5.44. The Balaban J connectivity index is 3.10. The second-order valence-electron chi connectivity index (χ2n) is 3.77. The van der Waals surface area contributed by atoms with Gasteiger partial charge in [-0.25, -0.2) is 0 Å². The van der Waals surface area contributed by atoms with E-state index in [-0.39, 0.29) is 0 Å². The van der Waals surface area contributed by atoms with Crippen molar-refractivity contribution in [3.8, 4) is 5.75 Å². The lowest BCUT2D eigenvalue weighted by molar-refractivity contribution is 0.133. The Morgan fingerprint density at radius 2 is 1.80 bits per heavy atom. The molecule has 1 aromatic rings. The molecule has 0 saturated heterocycles. The van der Waals surface area contributed by atoms with Gasteiger partial charge < -0.3 is 9.47 Å². The molecule has 0 unspecified atom stereocenters. The summed E-state index contributed by atoms with van der Waals surface area (Å²) in [5, 5.41) is 0. The van der Waals surface area contributed by atoms with Crippen LogP contribution in [-0.4, -0.2) is 13.7 Å². The topological polar surface area (TPSA) is 18.5 Å². The van der Waals surface area contributed by atoms with Crippen LogP contribution >= 0.6 is 0 Å². The standard InChI is InChI=1S/C13H20O2/c1-6-15-8-12-7-9(2)13(14-5)11(4)10(12)3/h7H,6,8H2,1-5H3. The summed E-state index contributed by atoms with van der Waals surface area (Å²) in [6, 6.07) is 2.15. The second kappa shape index (κ2) is 5.17. The highest BCUT2D eigenvalue weighted by molar-refractivity contribution is 5.48. The van der Waals surface area contributed by atoms with Crippen molar-refractivity contribution >= 4 is 0 Å². The van der Waals surface area contributed by atoms with Crippen molar-refractivity contribution in [2.45, 2.75) is 34.3 Å². The van der Waals surface area contributed by atoms with Crippen molar-refractivity contribution in [1.82, 2.24) is 0 Å². The summed E-state index contributed by atoms with van der Waals surface area (Å²) in [5.41, 5.74) is 4.92. The van der Waals surface area contributed by atoms with E-state index in [2.05, 4.69) is 26.8 Å². The van der Waals surface area contributed by atoms with Gasteiger partial charge in [0.25, 0.3) is 0 Å². The van der Waals surface area contributed by atoms with Crippen LogP contribution in [0.3, 0.4) is 0 Å². The fraction of sp³-hybridized carbons (Fsp3) is 0.538. The van der Waals surface area contributed by atoms with E-state index in [1.54, 1.807) is 7.11 Å². The van der Waals surface area contributed by atoms with E-state index >= 15 is 0 Å². The molecule has 0 heterocycles. The molecule has 0 aliphatic heterocycles. The van der Waals surface area contributed by atoms with Crippen molar-refractivity contribution in [1.29, 1.82) is 0 Å². The average Bonchev–Trinajstić information content (AvgIpc) is 2.22. The molecule has 2 nitrogen and oxygen atoms in total. The normalized spacial score (nSPS) is 10.5.